The van der Waals surface area contributed by atoms with Gasteiger partial charge in [0.2, 0.25) is 0 Å². The van der Waals surface area contributed by atoms with E-state index in [0.717, 1.165) is 24.5 Å². The minimum absolute atomic E-state index is 0.0920. The minimum atomic E-state index is -0.357. The molecule has 3 aromatic heterocycles. The number of piperidine rings is 1. The molecule has 0 bridgehead atoms. The van der Waals surface area contributed by atoms with Crippen molar-refractivity contribution in [2.75, 3.05) is 13.1 Å². The van der Waals surface area contributed by atoms with Crippen LogP contribution in [-0.4, -0.2) is 53.4 Å². The number of amides is 1. The molecule has 9 heteroatoms. The van der Waals surface area contributed by atoms with E-state index in [2.05, 4.69) is 20.3 Å². The maximum atomic E-state index is 12.8. The maximum absolute atomic E-state index is 12.8. The van der Waals surface area contributed by atoms with E-state index in [-0.39, 0.29) is 22.9 Å². The van der Waals surface area contributed by atoms with Crippen molar-refractivity contribution in [3.8, 4) is 0 Å². The molecule has 0 aromatic carbocycles. The average Bonchev–Trinajstić information content (AvgIpc) is 3.32. The predicted octanol–water partition coefficient (Wildman–Crippen LogP) is 0.768. The summed E-state index contributed by atoms with van der Waals surface area (Å²) in [6, 6.07) is 5.10. The lowest BCUT2D eigenvalue weighted by Gasteiger charge is -2.32. The van der Waals surface area contributed by atoms with Gasteiger partial charge in [0, 0.05) is 44.6 Å². The Hall–Kier alpha value is -3.23. The van der Waals surface area contributed by atoms with E-state index in [1.807, 2.05) is 23.9 Å². The largest absolute Gasteiger partial charge is 0.338 e. The summed E-state index contributed by atoms with van der Waals surface area (Å²) < 4.78 is 3.78. The standard InChI is InChI=1S/C18H21N7O2/c1-23-15(12-25-10-4-8-20-25)21-22-16(23)13-5-3-9-24(11-13)18(27)14-6-2-7-19-17(14)26/h2,4,6-8,10,13H,3,5,9,11-12H2,1H3,(H,19,26). The van der Waals surface area contributed by atoms with Gasteiger partial charge in [-0.15, -0.1) is 10.2 Å². The lowest BCUT2D eigenvalue weighted by Crippen LogP contribution is -2.41. The van der Waals surface area contributed by atoms with Crippen LogP contribution in [0.2, 0.25) is 0 Å². The topological polar surface area (TPSA) is 102 Å². The highest BCUT2D eigenvalue weighted by Gasteiger charge is 2.29. The van der Waals surface area contributed by atoms with E-state index >= 15 is 0 Å². The summed E-state index contributed by atoms with van der Waals surface area (Å²) in [5, 5.41) is 12.9. The van der Waals surface area contributed by atoms with Gasteiger partial charge in [-0.1, -0.05) is 0 Å². The highest BCUT2D eigenvalue weighted by atomic mass is 16.2. The summed E-state index contributed by atoms with van der Waals surface area (Å²) in [5.74, 6) is 1.53. The molecule has 3 aromatic rings. The minimum Gasteiger partial charge on any atom is -0.338 e. The van der Waals surface area contributed by atoms with Gasteiger partial charge in [-0.3, -0.25) is 14.3 Å². The van der Waals surface area contributed by atoms with Gasteiger partial charge >= 0.3 is 0 Å². The summed E-state index contributed by atoms with van der Waals surface area (Å²) in [4.78, 5) is 29.0. The Labute approximate surface area is 155 Å². The van der Waals surface area contributed by atoms with Crippen LogP contribution < -0.4 is 5.56 Å². The van der Waals surface area contributed by atoms with Crippen LogP contribution in [0.1, 0.15) is 40.8 Å². The molecule has 1 amide bonds. The normalized spacial score (nSPS) is 17.2. The molecule has 1 fully saturated rings. The number of likely N-dealkylation sites (tertiary alicyclic amines) is 1. The molecule has 9 nitrogen and oxygen atoms in total. The van der Waals surface area contributed by atoms with Crippen LogP contribution in [0.15, 0.2) is 41.6 Å². The zero-order valence-electron chi connectivity index (χ0n) is 15.1. The average molecular weight is 367 g/mol. The van der Waals surface area contributed by atoms with E-state index < -0.39 is 0 Å². The van der Waals surface area contributed by atoms with Gasteiger partial charge < -0.3 is 14.5 Å². The van der Waals surface area contributed by atoms with E-state index in [9.17, 15) is 9.59 Å². The van der Waals surface area contributed by atoms with Gasteiger partial charge in [0.1, 0.15) is 17.9 Å². The fourth-order valence-electron chi connectivity index (χ4n) is 3.54. The fraction of sp³-hybridized carbons (Fsp3) is 0.389. The van der Waals surface area contributed by atoms with Crippen LogP contribution in [0, 0.1) is 0 Å². The van der Waals surface area contributed by atoms with Gasteiger partial charge in [-0.25, -0.2) is 0 Å². The Morgan fingerprint density at radius 2 is 2.22 bits per heavy atom. The molecule has 1 unspecified atom stereocenters. The highest BCUT2D eigenvalue weighted by molar-refractivity contribution is 5.93. The van der Waals surface area contributed by atoms with E-state index in [1.54, 1.807) is 27.9 Å². The molecule has 0 saturated carbocycles. The monoisotopic (exact) mass is 367 g/mol. The summed E-state index contributed by atoms with van der Waals surface area (Å²) >= 11 is 0. The van der Waals surface area contributed by atoms with Crippen molar-refractivity contribution < 1.29 is 4.79 Å². The SMILES string of the molecule is Cn1c(Cn2cccn2)nnc1C1CCCN(C(=O)c2ccc[nH]c2=O)C1. The van der Waals surface area contributed by atoms with Crippen LogP contribution in [0.5, 0.6) is 0 Å². The van der Waals surface area contributed by atoms with Gasteiger partial charge in [0.25, 0.3) is 11.5 Å². The molecule has 1 atom stereocenters. The summed E-state index contributed by atoms with van der Waals surface area (Å²) in [6.07, 6.45) is 6.93. The first-order valence-electron chi connectivity index (χ1n) is 8.96. The van der Waals surface area contributed by atoms with Gasteiger partial charge in [-0.2, -0.15) is 5.10 Å². The zero-order chi connectivity index (χ0) is 18.8. The van der Waals surface area contributed by atoms with Gasteiger partial charge in [-0.05, 0) is 31.0 Å². The number of pyridine rings is 1. The summed E-state index contributed by atoms with van der Waals surface area (Å²) in [7, 11) is 1.94. The Balaban J connectivity index is 1.52. The van der Waals surface area contributed by atoms with Crippen LogP contribution >= 0.6 is 0 Å². The Kier molecular flexibility index (Phi) is 4.57. The second kappa shape index (κ2) is 7.18. The second-order valence-electron chi connectivity index (χ2n) is 6.74. The van der Waals surface area contributed by atoms with Crippen molar-refractivity contribution in [3.63, 3.8) is 0 Å². The first-order chi connectivity index (χ1) is 13.1. The molecule has 27 heavy (non-hydrogen) atoms. The summed E-state index contributed by atoms with van der Waals surface area (Å²) in [6.45, 7) is 1.72. The van der Waals surface area contributed by atoms with Crippen LogP contribution in [0.25, 0.3) is 0 Å². The lowest BCUT2D eigenvalue weighted by molar-refractivity contribution is 0.0701. The number of hydrogen-bond donors (Lipinski definition) is 1. The number of carbonyl (C=O) groups excluding carboxylic acids is 1. The molecule has 1 aliphatic rings. The Morgan fingerprint density at radius 1 is 1.33 bits per heavy atom. The number of aromatic amines is 1. The lowest BCUT2D eigenvalue weighted by atomic mass is 9.96. The number of aromatic nitrogens is 6. The number of nitrogens with one attached hydrogen (secondary N) is 1. The van der Waals surface area contributed by atoms with Crippen LogP contribution in [-0.2, 0) is 13.6 Å². The van der Waals surface area contributed by atoms with Crippen LogP contribution in [0.3, 0.4) is 0 Å². The first kappa shape index (κ1) is 17.2. The zero-order valence-corrected chi connectivity index (χ0v) is 15.1. The van der Waals surface area contributed by atoms with Crippen molar-refractivity contribution in [1.29, 1.82) is 0 Å². The van der Waals surface area contributed by atoms with Crippen molar-refractivity contribution in [2.45, 2.75) is 25.3 Å². The predicted molar refractivity (Wildman–Crippen MR) is 97.3 cm³/mol. The first-order valence-corrected chi connectivity index (χ1v) is 8.96. The molecule has 140 valence electrons. The third-order valence-electron chi connectivity index (χ3n) is 4.98. The van der Waals surface area contributed by atoms with Gasteiger partial charge in [0.15, 0.2) is 5.82 Å². The second-order valence-corrected chi connectivity index (χ2v) is 6.74. The van der Waals surface area contributed by atoms with Crippen molar-refractivity contribution in [3.05, 3.63) is 64.4 Å². The molecule has 1 aliphatic heterocycles. The summed E-state index contributed by atoms with van der Waals surface area (Å²) in [5.41, 5.74) is -0.180. The molecule has 0 aliphatic carbocycles. The number of carbonyl (C=O) groups is 1. The molecule has 0 spiro atoms. The van der Waals surface area contributed by atoms with Gasteiger partial charge in [0.05, 0.1) is 0 Å². The van der Waals surface area contributed by atoms with Crippen LogP contribution in [0.4, 0.5) is 0 Å². The molecule has 4 heterocycles. The number of nitrogens with zero attached hydrogens (tertiary/aromatic N) is 6. The van der Waals surface area contributed by atoms with E-state index in [1.165, 1.54) is 6.20 Å². The maximum Gasteiger partial charge on any atom is 0.260 e. The Bertz CT molecular complexity index is 989. The number of H-pyrrole nitrogens is 1. The van der Waals surface area contributed by atoms with Crippen molar-refractivity contribution in [2.24, 2.45) is 7.05 Å². The molecule has 0 radical (unpaired) electrons. The number of hydrogen-bond acceptors (Lipinski definition) is 5. The molecule has 1 N–H and O–H groups in total. The molecular weight excluding hydrogens is 346 g/mol. The third kappa shape index (κ3) is 3.40. The molecule has 1 saturated heterocycles. The fourth-order valence-corrected chi connectivity index (χ4v) is 3.54. The molecule has 4 rings (SSSR count). The Morgan fingerprint density at radius 3 is 3.00 bits per heavy atom. The smallest absolute Gasteiger partial charge is 0.260 e. The van der Waals surface area contributed by atoms with Crippen molar-refractivity contribution >= 4 is 5.91 Å². The van der Waals surface area contributed by atoms with Crippen molar-refractivity contribution in [1.82, 2.24) is 34.4 Å². The third-order valence-corrected chi connectivity index (χ3v) is 4.98. The van der Waals surface area contributed by atoms with E-state index in [4.69, 9.17) is 0 Å². The van der Waals surface area contributed by atoms with E-state index in [0.29, 0.717) is 19.6 Å². The molecular formula is C18H21N7O2. The number of rotatable bonds is 4. The quantitative estimate of drug-likeness (QED) is 0.734. The highest BCUT2D eigenvalue weighted by Crippen LogP contribution is 2.26.